The lowest BCUT2D eigenvalue weighted by molar-refractivity contribution is -0.133. The molecular formula is C17H24N2O2. The quantitative estimate of drug-likeness (QED) is 0.906. The molecule has 2 unspecified atom stereocenters. The van der Waals surface area contributed by atoms with Crippen molar-refractivity contribution in [3.8, 4) is 5.75 Å². The van der Waals surface area contributed by atoms with Crippen LogP contribution in [0.15, 0.2) is 24.3 Å². The van der Waals surface area contributed by atoms with Gasteiger partial charge in [-0.2, -0.15) is 0 Å². The molecular weight excluding hydrogens is 264 g/mol. The highest BCUT2D eigenvalue weighted by Gasteiger charge is 2.49. The smallest absolute Gasteiger partial charge is 0.244 e. The minimum absolute atomic E-state index is 0.0841. The fourth-order valence-electron chi connectivity index (χ4n) is 3.03. The molecule has 114 valence electrons. The summed E-state index contributed by atoms with van der Waals surface area (Å²) in [5.74, 6) is 1.73. The molecule has 1 N–H and O–H groups in total. The molecule has 2 aliphatic rings. The Kier molecular flexibility index (Phi) is 3.66. The van der Waals surface area contributed by atoms with Crippen molar-refractivity contribution in [1.82, 2.24) is 10.2 Å². The fourth-order valence-corrected chi connectivity index (χ4v) is 3.03. The van der Waals surface area contributed by atoms with Gasteiger partial charge in [0, 0.05) is 12.1 Å². The van der Waals surface area contributed by atoms with Crippen molar-refractivity contribution in [2.75, 3.05) is 13.7 Å². The first-order chi connectivity index (χ1) is 10.1. The molecule has 1 amide bonds. The zero-order chi connectivity index (χ0) is 15.0. The topological polar surface area (TPSA) is 41.6 Å². The van der Waals surface area contributed by atoms with E-state index in [9.17, 15) is 4.79 Å². The minimum Gasteiger partial charge on any atom is -0.496 e. The van der Waals surface area contributed by atoms with E-state index in [0.717, 1.165) is 24.3 Å². The van der Waals surface area contributed by atoms with Gasteiger partial charge in [0.2, 0.25) is 5.91 Å². The average Bonchev–Trinajstić information content (AvgIpc) is 3.29. The highest BCUT2D eigenvalue weighted by Crippen LogP contribution is 2.40. The molecule has 4 nitrogen and oxygen atoms in total. The van der Waals surface area contributed by atoms with Gasteiger partial charge in [-0.25, -0.2) is 0 Å². The van der Waals surface area contributed by atoms with E-state index in [4.69, 9.17) is 4.74 Å². The number of carbonyl (C=O) groups is 1. The summed E-state index contributed by atoms with van der Waals surface area (Å²) in [6.07, 6.45) is 3.19. The highest BCUT2D eigenvalue weighted by molar-refractivity contribution is 5.88. The number of hydrogen-bond donors (Lipinski definition) is 1. The van der Waals surface area contributed by atoms with Crippen LogP contribution >= 0.6 is 0 Å². The van der Waals surface area contributed by atoms with Crippen LogP contribution in [-0.2, 0) is 4.79 Å². The number of ether oxygens (including phenoxy) is 1. The van der Waals surface area contributed by atoms with Gasteiger partial charge >= 0.3 is 0 Å². The Morgan fingerprint density at radius 1 is 1.38 bits per heavy atom. The Hall–Kier alpha value is -1.55. The van der Waals surface area contributed by atoms with Gasteiger partial charge in [0.1, 0.15) is 11.9 Å². The molecule has 1 aliphatic heterocycles. The fraction of sp³-hybridized carbons (Fsp3) is 0.588. The summed E-state index contributed by atoms with van der Waals surface area (Å²) in [4.78, 5) is 14.8. The molecule has 1 aliphatic carbocycles. The third kappa shape index (κ3) is 2.53. The standard InChI is InChI=1S/C17H24N2O2/c1-4-17(2)16(20)19(11-12-9-10-12)15(18-17)13-7-5-6-8-14(13)21-3/h5-8,12,15,18H,4,9-11H2,1-3H3. The number of benzene rings is 1. The van der Waals surface area contributed by atoms with Gasteiger partial charge in [-0.3, -0.25) is 10.1 Å². The predicted octanol–water partition coefficient (Wildman–Crippen LogP) is 2.70. The summed E-state index contributed by atoms with van der Waals surface area (Å²) in [7, 11) is 1.68. The lowest BCUT2D eigenvalue weighted by Crippen LogP contribution is -2.43. The minimum atomic E-state index is -0.472. The molecule has 0 radical (unpaired) electrons. The van der Waals surface area contributed by atoms with Crippen LogP contribution in [0.1, 0.15) is 44.8 Å². The van der Waals surface area contributed by atoms with Crippen molar-refractivity contribution < 1.29 is 9.53 Å². The zero-order valence-corrected chi connectivity index (χ0v) is 13.1. The first kappa shape index (κ1) is 14.4. The molecule has 1 aromatic carbocycles. The van der Waals surface area contributed by atoms with E-state index < -0.39 is 5.54 Å². The average molecular weight is 288 g/mol. The van der Waals surface area contributed by atoms with E-state index in [1.54, 1.807) is 7.11 Å². The summed E-state index contributed by atoms with van der Waals surface area (Å²) in [6, 6.07) is 7.97. The number of hydrogen-bond acceptors (Lipinski definition) is 3. The van der Waals surface area contributed by atoms with Crippen LogP contribution in [0.2, 0.25) is 0 Å². The summed E-state index contributed by atoms with van der Waals surface area (Å²) in [6.45, 7) is 4.92. The van der Waals surface area contributed by atoms with E-state index in [0.29, 0.717) is 5.92 Å². The molecule has 1 saturated carbocycles. The summed E-state index contributed by atoms with van der Waals surface area (Å²) < 4.78 is 5.49. The maximum absolute atomic E-state index is 12.8. The molecule has 0 aromatic heterocycles. The van der Waals surface area contributed by atoms with Crippen LogP contribution in [0.4, 0.5) is 0 Å². The third-order valence-electron chi connectivity index (χ3n) is 4.79. The molecule has 0 spiro atoms. The van der Waals surface area contributed by atoms with E-state index in [1.165, 1.54) is 12.8 Å². The van der Waals surface area contributed by atoms with E-state index in [-0.39, 0.29) is 12.1 Å². The maximum Gasteiger partial charge on any atom is 0.244 e. The van der Waals surface area contributed by atoms with Crippen molar-refractivity contribution in [3.63, 3.8) is 0 Å². The van der Waals surface area contributed by atoms with Crippen molar-refractivity contribution >= 4 is 5.91 Å². The van der Waals surface area contributed by atoms with Crippen LogP contribution in [0.25, 0.3) is 0 Å². The van der Waals surface area contributed by atoms with E-state index in [1.807, 2.05) is 36.1 Å². The Labute approximate surface area is 126 Å². The molecule has 1 saturated heterocycles. The van der Waals surface area contributed by atoms with Crippen molar-refractivity contribution in [2.24, 2.45) is 5.92 Å². The molecule has 2 fully saturated rings. The maximum atomic E-state index is 12.8. The van der Waals surface area contributed by atoms with Gasteiger partial charge in [0.05, 0.1) is 12.6 Å². The van der Waals surface area contributed by atoms with Crippen molar-refractivity contribution in [3.05, 3.63) is 29.8 Å². The molecule has 0 bridgehead atoms. The van der Waals surface area contributed by atoms with Gasteiger partial charge < -0.3 is 9.64 Å². The lowest BCUT2D eigenvalue weighted by atomic mass is 9.99. The largest absolute Gasteiger partial charge is 0.496 e. The highest BCUT2D eigenvalue weighted by atomic mass is 16.5. The first-order valence-corrected chi connectivity index (χ1v) is 7.80. The van der Waals surface area contributed by atoms with Crippen LogP contribution in [0.5, 0.6) is 5.75 Å². The Morgan fingerprint density at radius 2 is 2.10 bits per heavy atom. The third-order valence-corrected chi connectivity index (χ3v) is 4.79. The lowest BCUT2D eigenvalue weighted by Gasteiger charge is -2.25. The van der Waals surface area contributed by atoms with Crippen molar-refractivity contribution in [2.45, 2.75) is 44.8 Å². The molecule has 21 heavy (non-hydrogen) atoms. The predicted molar refractivity (Wildman–Crippen MR) is 82.0 cm³/mol. The Balaban J connectivity index is 1.95. The second-order valence-corrected chi connectivity index (χ2v) is 6.38. The monoisotopic (exact) mass is 288 g/mol. The molecule has 3 rings (SSSR count). The summed E-state index contributed by atoms with van der Waals surface area (Å²) in [5.41, 5.74) is 0.576. The van der Waals surface area contributed by atoms with Crippen LogP contribution in [0, 0.1) is 5.92 Å². The van der Waals surface area contributed by atoms with Crippen molar-refractivity contribution in [1.29, 1.82) is 0 Å². The van der Waals surface area contributed by atoms with Gasteiger partial charge in [0.25, 0.3) is 0 Å². The second kappa shape index (κ2) is 5.34. The van der Waals surface area contributed by atoms with E-state index >= 15 is 0 Å². The zero-order valence-electron chi connectivity index (χ0n) is 13.1. The van der Waals surface area contributed by atoms with Gasteiger partial charge in [0.15, 0.2) is 0 Å². The number of nitrogens with one attached hydrogen (secondary N) is 1. The number of rotatable bonds is 5. The van der Waals surface area contributed by atoms with Crippen LogP contribution in [-0.4, -0.2) is 30.0 Å². The molecule has 1 aromatic rings. The van der Waals surface area contributed by atoms with E-state index in [2.05, 4.69) is 12.2 Å². The Bertz CT molecular complexity index is 541. The van der Waals surface area contributed by atoms with Crippen LogP contribution in [0.3, 0.4) is 0 Å². The molecule has 2 atom stereocenters. The van der Waals surface area contributed by atoms with Gasteiger partial charge in [-0.05, 0) is 38.2 Å². The number of methoxy groups -OCH3 is 1. The van der Waals surface area contributed by atoms with Gasteiger partial charge in [-0.15, -0.1) is 0 Å². The number of carbonyl (C=O) groups excluding carboxylic acids is 1. The number of para-hydroxylation sites is 1. The van der Waals surface area contributed by atoms with Gasteiger partial charge in [-0.1, -0.05) is 25.1 Å². The second-order valence-electron chi connectivity index (χ2n) is 6.38. The SMILES string of the molecule is CCC1(C)NC(c2ccccc2OC)N(CC2CC2)C1=O. The number of nitrogens with zero attached hydrogens (tertiary/aromatic N) is 1. The molecule has 1 heterocycles. The Morgan fingerprint density at radius 3 is 2.71 bits per heavy atom. The number of amides is 1. The first-order valence-electron chi connectivity index (χ1n) is 7.80. The van der Waals surface area contributed by atoms with Crippen LogP contribution < -0.4 is 10.1 Å². The normalized spacial score (nSPS) is 29.0. The molecule has 4 heteroatoms. The summed E-state index contributed by atoms with van der Waals surface area (Å²) in [5, 5.41) is 3.54. The summed E-state index contributed by atoms with van der Waals surface area (Å²) >= 11 is 0.